The van der Waals surface area contributed by atoms with E-state index >= 15 is 0 Å². The number of piperidine rings is 1. The molecule has 2 aliphatic rings. The smallest absolute Gasteiger partial charge is 0.160 e. The summed E-state index contributed by atoms with van der Waals surface area (Å²) < 4.78 is 3.18. The number of halogens is 1. The highest BCUT2D eigenvalue weighted by Gasteiger charge is 2.33. The molecule has 2 aromatic heterocycles. The average molecular weight is 335 g/mol. The van der Waals surface area contributed by atoms with E-state index in [-0.39, 0.29) is 0 Å². The Morgan fingerprint density at radius 3 is 2.95 bits per heavy atom. The lowest BCUT2D eigenvalue weighted by atomic mass is 9.77. The van der Waals surface area contributed by atoms with Crippen molar-refractivity contribution in [1.29, 1.82) is 0 Å². The van der Waals surface area contributed by atoms with E-state index in [9.17, 15) is 0 Å². The maximum atomic E-state index is 4.43. The van der Waals surface area contributed by atoms with E-state index in [1.54, 1.807) is 0 Å². The van der Waals surface area contributed by atoms with Gasteiger partial charge in [-0.25, -0.2) is 0 Å². The SMILES string of the molecule is Brc1ccc2nnc(C3CCC4CCCCC4N3)n2c1. The summed E-state index contributed by atoms with van der Waals surface area (Å²) in [6, 6.07) is 5.05. The lowest BCUT2D eigenvalue weighted by molar-refractivity contribution is 0.173. The van der Waals surface area contributed by atoms with Crippen LogP contribution in [0.3, 0.4) is 0 Å². The quantitative estimate of drug-likeness (QED) is 0.868. The van der Waals surface area contributed by atoms with Crippen LogP contribution in [0.2, 0.25) is 0 Å². The third-order valence-electron chi connectivity index (χ3n) is 4.85. The van der Waals surface area contributed by atoms with Gasteiger partial charge in [-0.2, -0.15) is 0 Å². The topological polar surface area (TPSA) is 42.2 Å². The Morgan fingerprint density at radius 2 is 2.00 bits per heavy atom. The Labute approximate surface area is 127 Å². The highest BCUT2D eigenvalue weighted by atomic mass is 79.9. The predicted octanol–water partition coefficient (Wildman–Crippen LogP) is 3.48. The molecule has 2 fully saturated rings. The van der Waals surface area contributed by atoms with Gasteiger partial charge in [0.05, 0.1) is 6.04 Å². The van der Waals surface area contributed by atoms with Crippen molar-refractivity contribution in [3.63, 3.8) is 0 Å². The first-order valence-electron chi connectivity index (χ1n) is 7.57. The maximum absolute atomic E-state index is 4.43. The summed E-state index contributed by atoms with van der Waals surface area (Å²) in [5.74, 6) is 1.94. The number of hydrogen-bond acceptors (Lipinski definition) is 3. The minimum absolute atomic E-state index is 0.346. The molecule has 3 unspecified atom stereocenters. The number of rotatable bonds is 1. The minimum Gasteiger partial charge on any atom is -0.304 e. The fraction of sp³-hybridized carbons (Fsp3) is 0.600. The van der Waals surface area contributed by atoms with Crippen molar-refractivity contribution in [2.75, 3.05) is 0 Å². The Bertz CT molecular complexity index is 623. The number of nitrogens with one attached hydrogen (secondary N) is 1. The monoisotopic (exact) mass is 334 g/mol. The van der Waals surface area contributed by atoms with E-state index in [2.05, 4.69) is 42.0 Å². The van der Waals surface area contributed by atoms with Crippen LogP contribution in [-0.2, 0) is 0 Å². The molecule has 1 saturated heterocycles. The molecule has 5 heteroatoms. The Hall–Kier alpha value is -0.940. The van der Waals surface area contributed by atoms with E-state index in [1.807, 2.05) is 12.1 Å². The number of hydrogen-bond donors (Lipinski definition) is 1. The molecule has 20 heavy (non-hydrogen) atoms. The lowest BCUT2D eigenvalue weighted by Gasteiger charge is -2.39. The molecule has 4 nitrogen and oxygen atoms in total. The fourth-order valence-electron chi connectivity index (χ4n) is 3.82. The highest BCUT2D eigenvalue weighted by molar-refractivity contribution is 9.10. The van der Waals surface area contributed by atoms with Crippen LogP contribution in [-0.4, -0.2) is 20.6 Å². The zero-order valence-electron chi connectivity index (χ0n) is 11.4. The van der Waals surface area contributed by atoms with Crippen LogP contribution in [0.4, 0.5) is 0 Å². The molecule has 1 saturated carbocycles. The predicted molar refractivity (Wildman–Crippen MR) is 81.5 cm³/mol. The Kier molecular flexibility index (Phi) is 3.27. The summed E-state index contributed by atoms with van der Waals surface area (Å²) in [6.07, 6.45) is 10.1. The molecule has 0 aromatic carbocycles. The van der Waals surface area contributed by atoms with Gasteiger partial charge in [0.2, 0.25) is 0 Å². The molecule has 1 N–H and O–H groups in total. The second kappa shape index (κ2) is 5.11. The zero-order valence-corrected chi connectivity index (χ0v) is 13.0. The summed E-state index contributed by atoms with van der Waals surface area (Å²) in [5, 5.41) is 12.5. The molecule has 106 valence electrons. The average Bonchev–Trinajstić information content (AvgIpc) is 2.89. The summed E-state index contributed by atoms with van der Waals surface area (Å²) in [5.41, 5.74) is 0.927. The standard InChI is InChI=1S/C15H19BrN4/c16-11-6-8-14-18-19-15(20(14)9-11)13-7-5-10-3-1-2-4-12(10)17-13/h6,8-10,12-13,17H,1-5,7H2. The molecule has 0 amide bonds. The van der Waals surface area contributed by atoms with E-state index < -0.39 is 0 Å². The molecule has 1 aliphatic heterocycles. The van der Waals surface area contributed by atoms with E-state index in [0.717, 1.165) is 21.9 Å². The first kappa shape index (κ1) is 12.8. The van der Waals surface area contributed by atoms with Crippen LogP contribution in [0.1, 0.15) is 50.4 Å². The van der Waals surface area contributed by atoms with Gasteiger partial charge in [0.25, 0.3) is 0 Å². The minimum atomic E-state index is 0.346. The van der Waals surface area contributed by atoms with Crippen molar-refractivity contribution >= 4 is 21.6 Å². The molecule has 1 aliphatic carbocycles. The number of aromatic nitrogens is 3. The second-order valence-electron chi connectivity index (χ2n) is 6.08. The van der Waals surface area contributed by atoms with Gasteiger partial charge in [-0.05, 0) is 59.7 Å². The van der Waals surface area contributed by atoms with Crippen molar-refractivity contribution in [2.45, 2.75) is 50.6 Å². The maximum Gasteiger partial charge on any atom is 0.160 e. The van der Waals surface area contributed by atoms with Gasteiger partial charge in [-0.3, -0.25) is 4.40 Å². The molecule has 3 atom stereocenters. The van der Waals surface area contributed by atoms with Crippen molar-refractivity contribution < 1.29 is 0 Å². The molecule has 4 rings (SSSR count). The van der Waals surface area contributed by atoms with Crippen molar-refractivity contribution in [1.82, 2.24) is 19.9 Å². The van der Waals surface area contributed by atoms with Crippen LogP contribution in [0, 0.1) is 5.92 Å². The normalized spacial score (nSPS) is 30.4. The number of nitrogens with zero attached hydrogens (tertiary/aromatic N) is 3. The second-order valence-corrected chi connectivity index (χ2v) is 7.00. The first-order chi connectivity index (χ1) is 9.81. The summed E-state index contributed by atoms with van der Waals surface area (Å²) in [4.78, 5) is 0. The molecular formula is C15H19BrN4. The summed E-state index contributed by atoms with van der Waals surface area (Å²) >= 11 is 3.53. The Balaban J connectivity index is 1.64. The number of fused-ring (bicyclic) bond motifs is 2. The van der Waals surface area contributed by atoms with Crippen molar-refractivity contribution in [3.05, 3.63) is 28.6 Å². The van der Waals surface area contributed by atoms with Gasteiger partial charge in [-0.15, -0.1) is 10.2 Å². The fourth-order valence-corrected chi connectivity index (χ4v) is 4.16. The van der Waals surface area contributed by atoms with Crippen LogP contribution in [0.15, 0.2) is 22.8 Å². The number of pyridine rings is 1. The van der Waals surface area contributed by atoms with E-state index in [1.165, 1.54) is 38.5 Å². The van der Waals surface area contributed by atoms with Gasteiger partial charge < -0.3 is 5.32 Å². The summed E-state index contributed by atoms with van der Waals surface area (Å²) in [7, 11) is 0. The van der Waals surface area contributed by atoms with Crippen molar-refractivity contribution in [2.24, 2.45) is 5.92 Å². The molecular weight excluding hydrogens is 316 g/mol. The lowest BCUT2D eigenvalue weighted by Crippen LogP contribution is -2.45. The van der Waals surface area contributed by atoms with E-state index in [0.29, 0.717) is 12.1 Å². The van der Waals surface area contributed by atoms with Crippen LogP contribution < -0.4 is 5.32 Å². The third kappa shape index (κ3) is 2.17. The van der Waals surface area contributed by atoms with Gasteiger partial charge in [0, 0.05) is 16.7 Å². The van der Waals surface area contributed by atoms with Gasteiger partial charge in [0.1, 0.15) is 0 Å². The Morgan fingerprint density at radius 1 is 1.10 bits per heavy atom. The van der Waals surface area contributed by atoms with Gasteiger partial charge in [0.15, 0.2) is 11.5 Å². The van der Waals surface area contributed by atoms with Crippen LogP contribution in [0.25, 0.3) is 5.65 Å². The van der Waals surface area contributed by atoms with Gasteiger partial charge in [-0.1, -0.05) is 12.8 Å². The highest BCUT2D eigenvalue weighted by Crippen LogP contribution is 2.36. The zero-order chi connectivity index (χ0) is 13.5. The summed E-state index contributed by atoms with van der Waals surface area (Å²) in [6.45, 7) is 0. The van der Waals surface area contributed by atoms with Crippen LogP contribution in [0.5, 0.6) is 0 Å². The molecule has 0 radical (unpaired) electrons. The molecule has 0 bridgehead atoms. The van der Waals surface area contributed by atoms with E-state index in [4.69, 9.17) is 0 Å². The largest absolute Gasteiger partial charge is 0.304 e. The van der Waals surface area contributed by atoms with Crippen LogP contribution >= 0.6 is 15.9 Å². The van der Waals surface area contributed by atoms with Crippen molar-refractivity contribution in [3.8, 4) is 0 Å². The molecule has 0 spiro atoms. The first-order valence-corrected chi connectivity index (χ1v) is 8.37. The molecule has 3 heterocycles. The third-order valence-corrected chi connectivity index (χ3v) is 5.32. The van der Waals surface area contributed by atoms with Gasteiger partial charge >= 0.3 is 0 Å². The molecule has 2 aromatic rings.